The Morgan fingerprint density at radius 1 is 1.55 bits per heavy atom. The first kappa shape index (κ1) is 15.8. The van der Waals surface area contributed by atoms with Gasteiger partial charge in [-0.2, -0.15) is 5.10 Å². The van der Waals surface area contributed by atoms with Crippen molar-refractivity contribution < 1.29 is 9.90 Å². The molecule has 0 aliphatic heterocycles. The molecule has 2 N–H and O–H groups in total. The lowest BCUT2D eigenvalue weighted by molar-refractivity contribution is -0.139. The highest BCUT2D eigenvalue weighted by Crippen LogP contribution is 2.33. The second kappa shape index (κ2) is 6.56. The summed E-state index contributed by atoms with van der Waals surface area (Å²) in [5, 5.41) is 17.4. The second-order valence-electron chi connectivity index (χ2n) is 6.53. The largest absolute Gasteiger partial charge is 0.480 e. The highest BCUT2D eigenvalue weighted by Gasteiger charge is 2.36. The van der Waals surface area contributed by atoms with Gasteiger partial charge < -0.3 is 10.4 Å². The van der Waals surface area contributed by atoms with Crippen molar-refractivity contribution in [1.82, 2.24) is 20.0 Å². The first-order chi connectivity index (χ1) is 10.5. The average molecular weight is 327 g/mol. The van der Waals surface area contributed by atoms with E-state index >= 15 is 0 Å². The molecule has 0 spiro atoms. The van der Waals surface area contributed by atoms with Gasteiger partial charge in [0.15, 0.2) is 0 Å². The fourth-order valence-electron chi connectivity index (χ4n) is 3.08. The molecule has 2 aliphatic rings. The zero-order valence-corrected chi connectivity index (χ0v) is 13.6. The monoisotopic (exact) mass is 326 g/mol. The molecule has 122 valence electrons. The molecular weight excluding hydrogens is 304 g/mol. The Morgan fingerprint density at radius 3 is 2.82 bits per heavy atom. The Hall–Kier alpha value is -1.11. The maximum atomic E-state index is 11.0. The molecule has 2 aliphatic carbocycles. The predicted molar refractivity (Wildman–Crippen MR) is 83.8 cm³/mol. The molecule has 0 radical (unpaired) electrons. The third-order valence-electron chi connectivity index (χ3n) is 4.73. The average Bonchev–Trinajstić information content (AvgIpc) is 3.15. The van der Waals surface area contributed by atoms with Gasteiger partial charge in [0.1, 0.15) is 0 Å². The molecule has 1 aromatic rings. The summed E-state index contributed by atoms with van der Waals surface area (Å²) in [5.41, 5.74) is 0.991. The predicted octanol–water partition coefficient (Wildman–Crippen LogP) is 1.49. The standard InChI is InChI=1S/C15H23ClN4O2/c1-19-14(13(16)6-18-19)7-17-11-4-12(5-11)20(9-15(21)22)8-10-2-3-10/h6,10-12,17H,2-5,7-9H2,1H3,(H,21,22). The molecule has 22 heavy (non-hydrogen) atoms. The van der Waals surface area contributed by atoms with E-state index in [4.69, 9.17) is 16.7 Å². The van der Waals surface area contributed by atoms with E-state index in [9.17, 15) is 4.79 Å². The minimum atomic E-state index is -0.723. The quantitative estimate of drug-likeness (QED) is 0.757. The van der Waals surface area contributed by atoms with Crippen molar-refractivity contribution in [3.63, 3.8) is 0 Å². The molecule has 0 bridgehead atoms. The fraction of sp³-hybridized carbons (Fsp3) is 0.733. The molecule has 3 rings (SSSR count). The minimum Gasteiger partial charge on any atom is -0.480 e. The smallest absolute Gasteiger partial charge is 0.317 e. The van der Waals surface area contributed by atoms with Crippen LogP contribution in [0.5, 0.6) is 0 Å². The molecule has 0 unspecified atom stereocenters. The number of rotatable bonds is 8. The molecule has 6 nitrogen and oxygen atoms in total. The number of halogens is 1. The van der Waals surface area contributed by atoms with Crippen LogP contribution in [0, 0.1) is 5.92 Å². The Labute approximate surface area is 135 Å². The molecular formula is C15H23ClN4O2. The van der Waals surface area contributed by atoms with Gasteiger partial charge in [0, 0.05) is 32.2 Å². The van der Waals surface area contributed by atoms with Crippen molar-refractivity contribution in [1.29, 1.82) is 0 Å². The van der Waals surface area contributed by atoms with E-state index in [0.717, 1.165) is 31.0 Å². The molecule has 1 heterocycles. The summed E-state index contributed by atoms with van der Waals surface area (Å²) in [4.78, 5) is 13.2. The summed E-state index contributed by atoms with van der Waals surface area (Å²) >= 11 is 6.09. The Bertz CT molecular complexity index is 518. The molecule has 0 saturated heterocycles. The number of hydrogen-bond acceptors (Lipinski definition) is 4. The number of carbonyl (C=O) groups is 1. The molecule has 7 heteroatoms. The maximum absolute atomic E-state index is 11.0. The highest BCUT2D eigenvalue weighted by molar-refractivity contribution is 6.31. The lowest BCUT2D eigenvalue weighted by Crippen LogP contribution is -2.54. The fourth-order valence-corrected chi connectivity index (χ4v) is 3.31. The molecule has 2 saturated carbocycles. The summed E-state index contributed by atoms with van der Waals surface area (Å²) < 4.78 is 1.79. The highest BCUT2D eigenvalue weighted by atomic mass is 35.5. The van der Waals surface area contributed by atoms with Gasteiger partial charge in [0.2, 0.25) is 0 Å². The van der Waals surface area contributed by atoms with Crippen molar-refractivity contribution in [3.8, 4) is 0 Å². The van der Waals surface area contributed by atoms with Crippen molar-refractivity contribution in [2.45, 2.75) is 44.3 Å². The summed E-state index contributed by atoms with van der Waals surface area (Å²) in [6.45, 7) is 1.81. The van der Waals surface area contributed by atoms with Crippen LogP contribution >= 0.6 is 11.6 Å². The van der Waals surface area contributed by atoms with E-state index in [1.807, 2.05) is 7.05 Å². The number of aryl methyl sites for hydroxylation is 1. The zero-order chi connectivity index (χ0) is 15.7. The van der Waals surface area contributed by atoms with Crippen LogP contribution in [-0.2, 0) is 18.4 Å². The van der Waals surface area contributed by atoms with E-state index in [0.29, 0.717) is 23.7 Å². The van der Waals surface area contributed by atoms with E-state index in [1.165, 1.54) is 12.8 Å². The topological polar surface area (TPSA) is 70.4 Å². The van der Waals surface area contributed by atoms with Gasteiger partial charge in [-0.15, -0.1) is 0 Å². The van der Waals surface area contributed by atoms with Gasteiger partial charge in [-0.05, 0) is 31.6 Å². The van der Waals surface area contributed by atoms with E-state index < -0.39 is 5.97 Å². The SMILES string of the molecule is Cn1ncc(Cl)c1CNC1CC(N(CC(=O)O)CC2CC2)C1. The van der Waals surface area contributed by atoms with Crippen LogP contribution in [0.4, 0.5) is 0 Å². The van der Waals surface area contributed by atoms with E-state index in [1.54, 1.807) is 10.9 Å². The number of carboxylic acids is 1. The van der Waals surface area contributed by atoms with Gasteiger partial charge in [0.25, 0.3) is 0 Å². The lowest BCUT2D eigenvalue weighted by atomic mass is 9.85. The normalized spacial score (nSPS) is 24.5. The molecule has 0 amide bonds. The Balaban J connectivity index is 1.44. The van der Waals surface area contributed by atoms with Crippen LogP contribution in [0.25, 0.3) is 0 Å². The molecule has 1 aromatic heterocycles. The number of nitrogens with one attached hydrogen (secondary N) is 1. The summed E-state index contributed by atoms with van der Waals surface area (Å²) in [5.74, 6) is -0.00154. The third-order valence-corrected chi connectivity index (χ3v) is 5.04. The first-order valence-corrected chi connectivity index (χ1v) is 8.26. The van der Waals surface area contributed by atoms with Gasteiger partial charge in [0.05, 0.1) is 23.5 Å². The van der Waals surface area contributed by atoms with Gasteiger partial charge in [-0.1, -0.05) is 11.6 Å². The molecule has 0 aromatic carbocycles. The van der Waals surface area contributed by atoms with Crippen LogP contribution in [0.1, 0.15) is 31.4 Å². The first-order valence-electron chi connectivity index (χ1n) is 7.88. The van der Waals surface area contributed by atoms with Crippen molar-refractivity contribution >= 4 is 17.6 Å². The lowest BCUT2D eigenvalue weighted by Gasteiger charge is -2.43. The van der Waals surface area contributed by atoms with Gasteiger partial charge in [-0.25, -0.2) is 0 Å². The van der Waals surface area contributed by atoms with Crippen molar-refractivity contribution in [2.24, 2.45) is 13.0 Å². The second-order valence-corrected chi connectivity index (χ2v) is 6.94. The number of carboxylic acid groups (broad SMARTS) is 1. The van der Waals surface area contributed by atoms with Gasteiger partial charge >= 0.3 is 5.97 Å². The summed E-state index contributed by atoms with van der Waals surface area (Å²) in [6.07, 6.45) is 6.18. The molecule has 0 atom stereocenters. The van der Waals surface area contributed by atoms with E-state index in [-0.39, 0.29) is 6.54 Å². The Morgan fingerprint density at radius 2 is 2.27 bits per heavy atom. The molecule has 2 fully saturated rings. The van der Waals surface area contributed by atoms with Crippen LogP contribution < -0.4 is 5.32 Å². The Kier molecular flexibility index (Phi) is 4.70. The third kappa shape index (κ3) is 3.80. The number of nitrogens with zero attached hydrogens (tertiary/aromatic N) is 3. The van der Waals surface area contributed by atoms with Crippen LogP contribution in [-0.4, -0.2) is 50.9 Å². The van der Waals surface area contributed by atoms with Crippen molar-refractivity contribution in [3.05, 3.63) is 16.9 Å². The number of aromatic nitrogens is 2. The summed E-state index contributed by atoms with van der Waals surface area (Å²) in [7, 11) is 1.89. The van der Waals surface area contributed by atoms with E-state index in [2.05, 4.69) is 15.3 Å². The summed E-state index contributed by atoms with van der Waals surface area (Å²) in [6, 6.07) is 0.836. The number of hydrogen-bond donors (Lipinski definition) is 2. The van der Waals surface area contributed by atoms with Crippen LogP contribution in [0.3, 0.4) is 0 Å². The van der Waals surface area contributed by atoms with Crippen molar-refractivity contribution in [2.75, 3.05) is 13.1 Å². The zero-order valence-electron chi connectivity index (χ0n) is 12.8. The van der Waals surface area contributed by atoms with Crippen LogP contribution in [0.2, 0.25) is 5.02 Å². The minimum absolute atomic E-state index is 0.168. The maximum Gasteiger partial charge on any atom is 0.317 e. The van der Waals surface area contributed by atoms with Gasteiger partial charge in [-0.3, -0.25) is 14.4 Å². The van der Waals surface area contributed by atoms with Crippen LogP contribution in [0.15, 0.2) is 6.20 Å². The number of aliphatic carboxylic acids is 1.